The molecule has 2 heterocycles. The van der Waals surface area contributed by atoms with Crippen LogP contribution in [0.2, 0.25) is 5.02 Å². The van der Waals surface area contributed by atoms with Crippen molar-refractivity contribution in [3.8, 4) is 0 Å². The van der Waals surface area contributed by atoms with Crippen molar-refractivity contribution in [1.82, 2.24) is 19.6 Å². The van der Waals surface area contributed by atoms with Gasteiger partial charge in [-0.3, -0.25) is 4.40 Å². The molecule has 0 N–H and O–H groups in total. The van der Waals surface area contributed by atoms with Gasteiger partial charge in [-0.1, -0.05) is 43.3 Å². The number of nitrogens with zero attached hydrogens (tertiary/aromatic N) is 4. The van der Waals surface area contributed by atoms with Crippen LogP contribution in [0.1, 0.15) is 25.1 Å². The van der Waals surface area contributed by atoms with E-state index in [-0.39, 0.29) is 5.82 Å². The molecule has 120 valence electrons. The minimum atomic E-state index is -0.306. The lowest BCUT2D eigenvalue weighted by Gasteiger charge is -2.09. The zero-order chi connectivity index (χ0) is 16.4. The van der Waals surface area contributed by atoms with Gasteiger partial charge in [-0.2, -0.15) is 0 Å². The van der Waals surface area contributed by atoms with Crippen LogP contribution < -0.4 is 0 Å². The summed E-state index contributed by atoms with van der Waals surface area (Å²) in [5.41, 5.74) is 1.57. The van der Waals surface area contributed by atoms with Crippen molar-refractivity contribution in [3.05, 3.63) is 52.6 Å². The number of thioether (sulfide) groups is 1. The number of hydrogen-bond acceptors (Lipinski definition) is 4. The molecule has 0 bridgehead atoms. The zero-order valence-corrected chi connectivity index (χ0v) is 14.4. The molecule has 0 radical (unpaired) electrons. The molecule has 0 fully saturated rings. The molecular weight excluding hydrogens is 335 g/mol. The van der Waals surface area contributed by atoms with Crippen molar-refractivity contribution in [2.24, 2.45) is 5.92 Å². The van der Waals surface area contributed by atoms with Crippen molar-refractivity contribution in [2.75, 3.05) is 0 Å². The molecule has 0 unspecified atom stereocenters. The minimum Gasteiger partial charge on any atom is -0.258 e. The third kappa shape index (κ3) is 3.48. The second-order valence-corrected chi connectivity index (χ2v) is 6.99. The highest BCUT2D eigenvalue weighted by atomic mass is 35.5. The lowest BCUT2D eigenvalue weighted by molar-refractivity contribution is 0.617. The summed E-state index contributed by atoms with van der Waals surface area (Å²) < 4.78 is 15.8. The third-order valence-electron chi connectivity index (χ3n) is 3.39. The van der Waals surface area contributed by atoms with Crippen LogP contribution in [0.25, 0.3) is 5.78 Å². The first-order chi connectivity index (χ1) is 11.1. The van der Waals surface area contributed by atoms with E-state index in [2.05, 4.69) is 29.0 Å². The number of halogens is 2. The van der Waals surface area contributed by atoms with Crippen LogP contribution in [0.5, 0.6) is 0 Å². The van der Waals surface area contributed by atoms with E-state index in [4.69, 9.17) is 11.6 Å². The van der Waals surface area contributed by atoms with E-state index in [9.17, 15) is 4.39 Å². The maximum Gasteiger partial charge on any atom is 0.255 e. The largest absolute Gasteiger partial charge is 0.258 e. The Kier molecular flexibility index (Phi) is 4.82. The third-order valence-corrected chi connectivity index (χ3v) is 4.69. The summed E-state index contributed by atoms with van der Waals surface area (Å²) in [6, 6.07) is 6.67. The van der Waals surface area contributed by atoms with Gasteiger partial charge in [0.15, 0.2) is 5.16 Å². The smallest absolute Gasteiger partial charge is 0.255 e. The topological polar surface area (TPSA) is 43.1 Å². The molecule has 3 rings (SSSR count). The lowest BCUT2D eigenvalue weighted by Crippen LogP contribution is -2.04. The molecule has 0 spiro atoms. The lowest BCUT2D eigenvalue weighted by atomic mass is 10.1. The van der Waals surface area contributed by atoms with Crippen molar-refractivity contribution in [3.63, 3.8) is 0 Å². The highest BCUT2D eigenvalue weighted by molar-refractivity contribution is 7.98. The second kappa shape index (κ2) is 6.84. The average Bonchev–Trinajstić information content (AvgIpc) is 2.90. The Bertz CT molecular complexity index is 814. The predicted molar refractivity (Wildman–Crippen MR) is 90.3 cm³/mol. The summed E-state index contributed by atoms with van der Waals surface area (Å²) in [6.07, 6.45) is 2.63. The summed E-state index contributed by atoms with van der Waals surface area (Å²) in [4.78, 5) is 4.24. The van der Waals surface area contributed by atoms with Crippen LogP contribution in [-0.2, 0) is 12.2 Å². The van der Waals surface area contributed by atoms with Gasteiger partial charge < -0.3 is 0 Å². The first kappa shape index (κ1) is 16.2. The molecule has 0 saturated carbocycles. The van der Waals surface area contributed by atoms with Crippen LogP contribution in [0.3, 0.4) is 0 Å². The van der Waals surface area contributed by atoms with Crippen molar-refractivity contribution < 1.29 is 4.39 Å². The normalized spacial score (nSPS) is 11.5. The van der Waals surface area contributed by atoms with E-state index in [1.165, 1.54) is 17.8 Å². The fraction of sp³-hybridized carbons (Fsp3) is 0.312. The van der Waals surface area contributed by atoms with Crippen LogP contribution in [0.15, 0.2) is 35.6 Å². The molecule has 0 aliphatic heterocycles. The summed E-state index contributed by atoms with van der Waals surface area (Å²) >= 11 is 7.48. The molecule has 0 amide bonds. The monoisotopic (exact) mass is 350 g/mol. The fourth-order valence-corrected chi connectivity index (χ4v) is 3.64. The van der Waals surface area contributed by atoms with Gasteiger partial charge in [0.25, 0.3) is 5.78 Å². The van der Waals surface area contributed by atoms with E-state index >= 15 is 0 Å². The van der Waals surface area contributed by atoms with Gasteiger partial charge >= 0.3 is 0 Å². The molecule has 0 aliphatic carbocycles. The Morgan fingerprint density at radius 3 is 2.83 bits per heavy atom. The standard InChI is InChI=1S/C16H16ClFN4S/c1-10(2)8-11-6-7-19-15-20-21-16(22(11)15)23-9-12-13(17)4-3-5-14(12)18/h3-7,10H,8-9H2,1-2H3. The molecular formula is C16H16ClFN4S. The quantitative estimate of drug-likeness (QED) is 0.639. The molecule has 0 saturated heterocycles. The van der Waals surface area contributed by atoms with Gasteiger partial charge in [-0.15, -0.1) is 10.2 Å². The van der Waals surface area contributed by atoms with Gasteiger partial charge in [0, 0.05) is 28.2 Å². The molecule has 4 nitrogen and oxygen atoms in total. The first-order valence-corrected chi connectivity index (χ1v) is 8.67. The predicted octanol–water partition coefficient (Wildman–Crippen LogP) is 4.41. The SMILES string of the molecule is CC(C)Cc1ccnc2nnc(SCc3c(F)cccc3Cl)n12. The van der Waals surface area contributed by atoms with Gasteiger partial charge in [-0.25, -0.2) is 9.37 Å². The molecule has 0 atom stereocenters. The van der Waals surface area contributed by atoms with Crippen LogP contribution in [0, 0.1) is 11.7 Å². The number of rotatable bonds is 5. The van der Waals surface area contributed by atoms with E-state index in [0.29, 0.717) is 33.2 Å². The molecule has 3 aromatic rings. The summed E-state index contributed by atoms with van der Waals surface area (Å²) in [5.74, 6) is 1.15. The van der Waals surface area contributed by atoms with Crippen molar-refractivity contribution in [1.29, 1.82) is 0 Å². The number of benzene rings is 1. The van der Waals surface area contributed by atoms with E-state index in [0.717, 1.165) is 12.1 Å². The van der Waals surface area contributed by atoms with Crippen LogP contribution in [0.4, 0.5) is 4.39 Å². The Hall–Kier alpha value is -1.66. The van der Waals surface area contributed by atoms with Gasteiger partial charge in [0.2, 0.25) is 0 Å². The van der Waals surface area contributed by atoms with E-state index in [1.54, 1.807) is 18.3 Å². The summed E-state index contributed by atoms with van der Waals surface area (Å²) in [5, 5.41) is 9.40. The number of hydrogen-bond donors (Lipinski definition) is 0. The van der Waals surface area contributed by atoms with Gasteiger partial charge in [0.1, 0.15) is 5.82 Å². The van der Waals surface area contributed by atoms with Gasteiger partial charge in [0.05, 0.1) is 0 Å². The van der Waals surface area contributed by atoms with E-state index < -0.39 is 0 Å². The molecule has 2 aromatic heterocycles. The van der Waals surface area contributed by atoms with Crippen molar-refractivity contribution in [2.45, 2.75) is 31.2 Å². The Labute approximate surface area is 143 Å². The van der Waals surface area contributed by atoms with Crippen molar-refractivity contribution >= 4 is 29.1 Å². The second-order valence-electron chi connectivity index (χ2n) is 5.64. The molecule has 7 heteroatoms. The van der Waals surface area contributed by atoms with E-state index in [1.807, 2.05) is 10.5 Å². The summed E-state index contributed by atoms with van der Waals surface area (Å²) in [7, 11) is 0. The Balaban J connectivity index is 1.91. The number of aromatic nitrogens is 4. The highest BCUT2D eigenvalue weighted by Gasteiger charge is 2.14. The summed E-state index contributed by atoms with van der Waals surface area (Å²) in [6.45, 7) is 4.31. The molecule has 1 aromatic carbocycles. The minimum absolute atomic E-state index is 0.306. The number of fused-ring (bicyclic) bond motifs is 1. The van der Waals surface area contributed by atoms with Crippen LogP contribution >= 0.6 is 23.4 Å². The molecule has 0 aliphatic rings. The average molecular weight is 351 g/mol. The Morgan fingerprint density at radius 2 is 2.09 bits per heavy atom. The Morgan fingerprint density at radius 1 is 1.26 bits per heavy atom. The van der Waals surface area contributed by atoms with Crippen LogP contribution in [-0.4, -0.2) is 19.6 Å². The maximum atomic E-state index is 13.9. The first-order valence-electron chi connectivity index (χ1n) is 7.31. The highest BCUT2D eigenvalue weighted by Crippen LogP contribution is 2.28. The maximum absolute atomic E-state index is 13.9. The zero-order valence-electron chi connectivity index (χ0n) is 12.8. The fourth-order valence-electron chi connectivity index (χ4n) is 2.34. The molecule has 23 heavy (non-hydrogen) atoms. The van der Waals surface area contributed by atoms with Gasteiger partial charge in [-0.05, 0) is 30.5 Å².